The first-order valence-corrected chi connectivity index (χ1v) is 6.63. The fraction of sp³-hybridized carbons (Fsp3) is 0.125. The van der Waals surface area contributed by atoms with Crippen LogP contribution in [0.1, 0.15) is 21.5 Å². The van der Waals surface area contributed by atoms with Crippen LogP contribution in [0.5, 0.6) is 5.75 Å². The molecule has 2 rings (SSSR count). The molecule has 1 N–H and O–H groups in total. The number of methoxy groups -OCH3 is 1. The topological polar surface area (TPSA) is 102 Å². The van der Waals surface area contributed by atoms with Crippen LogP contribution in [0.2, 0.25) is 0 Å². The summed E-state index contributed by atoms with van der Waals surface area (Å²) in [7, 11) is 1.30. The predicted octanol–water partition coefficient (Wildman–Crippen LogP) is 3.15. The van der Waals surface area contributed by atoms with Crippen LogP contribution in [0, 0.1) is 17.0 Å². The molecule has 0 saturated heterocycles. The Hall–Kier alpha value is -3.22. The van der Waals surface area contributed by atoms with Gasteiger partial charge < -0.3 is 9.84 Å². The normalized spacial score (nSPS) is 10.7. The van der Waals surface area contributed by atoms with Crippen LogP contribution in [0.4, 0.5) is 11.4 Å². The SMILES string of the molecule is COC(=O)c1ccc(N=Cc2cc([N+](=O)[O-])ccc2O)c(C)c1. The van der Waals surface area contributed by atoms with E-state index < -0.39 is 10.9 Å². The first-order chi connectivity index (χ1) is 10.9. The van der Waals surface area contributed by atoms with Crippen molar-refractivity contribution in [1.82, 2.24) is 0 Å². The maximum absolute atomic E-state index is 11.4. The number of nitro benzene ring substituents is 1. The molecule has 2 aromatic rings. The average Bonchev–Trinajstić information content (AvgIpc) is 2.53. The smallest absolute Gasteiger partial charge is 0.337 e. The lowest BCUT2D eigenvalue weighted by molar-refractivity contribution is -0.384. The summed E-state index contributed by atoms with van der Waals surface area (Å²) in [5.74, 6) is -0.553. The summed E-state index contributed by atoms with van der Waals surface area (Å²) in [5, 5.41) is 20.5. The number of rotatable bonds is 4. The molecule has 0 spiro atoms. The highest BCUT2D eigenvalue weighted by molar-refractivity contribution is 5.91. The minimum atomic E-state index is -0.548. The number of non-ortho nitro benzene ring substituents is 1. The number of aliphatic imine (C=N–C) groups is 1. The van der Waals surface area contributed by atoms with Gasteiger partial charge in [0.25, 0.3) is 5.69 Å². The molecule has 2 aromatic carbocycles. The molecule has 23 heavy (non-hydrogen) atoms. The van der Waals surface area contributed by atoms with Gasteiger partial charge in [0.1, 0.15) is 5.75 Å². The Labute approximate surface area is 132 Å². The van der Waals surface area contributed by atoms with Crippen molar-refractivity contribution in [1.29, 1.82) is 0 Å². The molecule has 0 aliphatic heterocycles. The van der Waals surface area contributed by atoms with Gasteiger partial charge in [-0.3, -0.25) is 15.1 Å². The van der Waals surface area contributed by atoms with Crippen molar-refractivity contribution < 1.29 is 19.6 Å². The fourth-order valence-corrected chi connectivity index (χ4v) is 1.94. The molecule has 0 atom stereocenters. The van der Waals surface area contributed by atoms with Crippen LogP contribution in [0.15, 0.2) is 41.4 Å². The van der Waals surface area contributed by atoms with Crippen molar-refractivity contribution >= 4 is 23.6 Å². The van der Waals surface area contributed by atoms with Crippen LogP contribution in [-0.2, 0) is 4.74 Å². The number of phenols is 1. The van der Waals surface area contributed by atoms with Crippen molar-refractivity contribution in [2.45, 2.75) is 6.92 Å². The minimum absolute atomic E-state index is 0.108. The third-order valence-corrected chi connectivity index (χ3v) is 3.18. The number of ether oxygens (including phenoxy) is 1. The van der Waals surface area contributed by atoms with Crippen LogP contribution < -0.4 is 0 Å². The highest BCUT2D eigenvalue weighted by Crippen LogP contribution is 2.24. The summed E-state index contributed by atoms with van der Waals surface area (Å²) in [4.78, 5) is 25.9. The Bertz CT molecular complexity index is 799. The number of benzene rings is 2. The van der Waals surface area contributed by atoms with Gasteiger partial charge in [-0.15, -0.1) is 0 Å². The van der Waals surface area contributed by atoms with E-state index in [1.165, 1.54) is 31.5 Å². The molecular formula is C16H14N2O5. The molecule has 0 radical (unpaired) electrons. The van der Waals surface area contributed by atoms with Gasteiger partial charge in [-0.1, -0.05) is 0 Å². The van der Waals surface area contributed by atoms with E-state index in [0.29, 0.717) is 11.3 Å². The molecule has 0 aliphatic carbocycles. The van der Waals surface area contributed by atoms with E-state index in [9.17, 15) is 20.0 Å². The lowest BCUT2D eigenvalue weighted by atomic mass is 10.1. The highest BCUT2D eigenvalue weighted by Gasteiger charge is 2.10. The number of hydrogen-bond donors (Lipinski definition) is 1. The number of hydrogen-bond acceptors (Lipinski definition) is 6. The highest BCUT2D eigenvalue weighted by atomic mass is 16.6. The van der Waals surface area contributed by atoms with Crippen molar-refractivity contribution in [3.8, 4) is 5.75 Å². The van der Waals surface area contributed by atoms with Gasteiger partial charge in [-0.05, 0) is 36.8 Å². The molecule has 0 aromatic heterocycles. The molecule has 0 amide bonds. The number of aryl methyl sites for hydroxylation is 1. The summed E-state index contributed by atoms with van der Waals surface area (Å²) in [5.41, 5.74) is 1.80. The zero-order valence-corrected chi connectivity index (χ0v) is 12.5. The van der Waals surface area contributed by atoms with Gasteiger partial charge in [0, 0.05) is 23.9 Å². The van der Waals surface area contributed by atoms with Crippen molar-refractivity contribution in [3.63, 3.8) is 0 Å². The molecule has 0 bridgehead atoms. The molecule has 7 nitrogen and oxygen atoms in total. The maximum Gasteiger partial charge on any atom is 0.337 e. The molecule has 0 unspecified atom stereocenters. The molecule has 7 heteroatoms. The first kappa shape index (κ1) is 16.2. The molecule has 0 fully saturated rings. The monoisotopic (exact) mass is 314 g/mol. The van der Waals surface area contributed by atoms with Gasteiger partial charge in [0.15, 0.2) is 0 Å². The van der Waals surface area contributed by atoms with E-state index >= 15 is 0 Å². The minimum Gasteiger partial charge on any atom is -0.507 e. The zero-order chi connectivity index (χ0) is 17.0. The average molecular weight is 314 g/mol. The molecule has 118 valence electrons. The Balaban J connectivity index is 2.32. The third-order valence-electron chi connectivity index (χ3n) is 3.18. The number of phenolic OH excluding ortho intramolecular Hbond substituents is 1. The second-order valence-electron chi connectivity index (χ2n) is 4.75. The van der Waals surface area contributed by atoms with Crippen LogP contribution >= 0.6 is 0 Å². The van der Waals surface area contributed by atoms with Gasteiger partial charge >= 0.3 is 5.97 Å². The lowest BCUT2D eigenvalue weighted by Gasteiger charge is -2.04. The first-order valence-electron chi connectivity index (χ1n) is 6.63. The van der Waals surface area contributed by atoms with Gasteiger partial charge in [0.2, 0.25) is 0 Å². The predicted molar refractivity (Wildman–Crippen MR) is 84.5 cm³/mol. The summed E-state index contributed by atoms with van der Waals surface area (Å²) in [6, 6.07) is 8.52. The van der Waals surface area contributed by atoms with Crippen LogP contribution in [0.3, 0.4) is 0 Å². The van der Waals surface area contributed by atoms with Crippen molar-refractivity contribution in [3.05, 3.63) is 63.2 Å². The van der Waals surface area contributed by atoms with E-state index in [0.717, 1.165) is 5.56 Å². The van der Waals surface area contributed by atoms with E-state index in [4.69, 9.17) is 0 Å². The van der Waals surface area contributed by atoms with E-state index in [1.807, 2.05) is 0 Å². The third kappa shape index (κ3) is 3.70. The summed E-state index contributed by atoms with van der Waals surface area (Å²) < 4.78 is 4.64. The fourth-order valence-electron chi connectivity index (χ4n) is 1.94. The molecule has 0 heterocycles. The van der Waals surface area contributed by atoms with E-state index in [1.54, 1.807) is 25.1 Å². The number of nitrogens with zero attached hydrogens (tertiary/aromatic N) is 2. The maximum atomic E-state index is 11.4. The van der Waals surface area contributed by atoms with Crippen LogP contribution in [-0.4, -0.2) is 29.3 Å². The van der Waals surface area contributed by atoms with Gasteiger partial charge in [-0.2, -0.15) is 0 Å². The molecule has 0 saturated carbocycles. The quantitative estimate of drug-likeness (QED) is 0.404. The van der Waals surface area contributed by atoms with Gasteiger partial charge in [-0.25, -0.2) is 4.79 Å². The largest absolute Gasteiger partial charge is 0.507 e. The lowest BCUT2D eigenvalue weighted by Crippen LogP contribution is -2.00. The Kier molecular flexibility index (Phi) is 4.70. The van der Waals surface area contributed by atoms with E-state index in [-0.39, 0.29) is 17.0 Å². The molecule has 0 aliphatic rings. The van der Waals surface area contributed by atoms with Crippen molar-refractivity contribution in [2.75, 3.05) is 7.11 Å². The number of nitro groups is 1. The van der Waals surface area contributed by atoms with Crippen molar-refractivity contribution in [2.24, 2.45) is 4.99 Å². The second-order valence-corrected chi connectivity index (χ2v) is 4.75. The number of carbonyl (C=O) groups is 1. The molecular weight excluding hydrogens is 300 g/mol. The number of carbonyl (C=O) groups excluding carboxylic acids is 1. The summed E-state index contributed by atoms with van der Waals surface area (Å²) in [6.45, 7) is 1.77. The number of esters is 1. The van der Waals surface area contributed by atoms with Gasteiger partial charge in [0.05, 0.1) is 23.3 Å². The second kappa shape index (κ2) is 6.69. The van der Waals surface area contributed by atoms with E-state index in [2.05, 4.69) is 9.73 Å². The Morgan fingerprint density at radius 2 is 2.04 bits per heavy atom. The Morgan fingerprint density at radius 1 is 1.30 bits per heavy atom. The standard InChI is InChI=1S/C16H14N2O5/c1-10-7-11(16(20)23-2)3-5-14(10)17-9-12-8-13(18(21)22)4-6-15(12)19/h3-9,19H,1-2H3. The summed E-state index contributed by atoms with van der Waals surface area (Å²) >= 11 is 0. The Morgan fingerprint density at radius 3 is 2.65 bits per heavy atom. The summed E-state index contributed by atoms with van der Waals surface area (Å²) in [6.07, 6.45) is 1.34. The zero-order valence-electron chi connectivity index (χ0n) is 12.5. The van der Waals surface area contributed by atoms with Crippen LogP contribution in [0.25, 0.3) is 0 Å². The number of aromatic hydroxyl groups is 1.